The molecule has 7 heteroatoms. The summed E-state index contributed by atoms with van der Waals surface area (Å²) >= 11 is 9.98. The number of halogens is 3. The van der Waals surface area contributed by atoms with Crippen LogP contribution in [-0.4, -0.2) is 22.2 Å². The number of carboxylic acid groups (broad SMARTS) is 2. The van der Waals surface area contributed by atoms with E-state index in [1.807, 2.05) is 0 Å². The zero-order chi connectivity index (χ0) is 16.3. The molecular weight excluding hydrogens is 472 g/mol. The average molecular weight is 483 g/mol. The van der Waals surface area contributed by atoms with E-state index in [1.54, 1.807) is 12.2 Å². The maximum absolute atomic E-state index is 11.4. The van der Waals surface area contributed by atoms with Gasteiger partial charge in [-0.05, 0) is 33.1 Å². The fourth-order valence-corrected chi connectivity index (χ4v) is 3.85. The number of hydrogen-bond acceptors (Lipinski definition) is 2. The van der Waals surface area contributed by atoms with E-state index in [2.05, 4.69) is 60.9 Å². The lowest BCUT2D eigenvalue weighted by atomic mass is 9.94. The Morgan fingerprint density at radius 2 is 1.62 bits per heavy atom. The van der Waals surface area contributed by atoms with Crippen LogP contribution >= 0.6 is 47.8 Å². The molecule has 0 amide bonds. The summed E-state index contributed by atoms with van der Waals surface area (Å²) in [4.78, 5) is 22.1. The monoisotopic (exact) mass is 480 g/mol. The molecule has 0 aliphatic heterocycles. The van der Waals surface area contributed by atoms with E-state index < -0.39 is 11.9 Å². The standard InChI is InChI=1S/C14H11Br3O4/c1-3-8(15)6-5-7(13(18)19)11(14(20)21)12(17)10(6)9(16)4-2/h3-5,8-9H,1-2H2,(H,18,19)(H,20,21)/t8?,9-/m0/s1. The highest BCUT2D eigenvalue weighted by Gasteiger charge is 2.28. The molecule has 0 spiro atoms. The van der Waals surface area contributed by atoms with E-state index in [9.17, 15) is 19.8 Å². The van der Waals surface area contributed by atoms with Gasteiger partial charge in [0, 0.05) is 4.47 Å². The van der Waals surface area contributed by atoms with Crippen molar-refractivity contribution >= 4 is 59.7 Å². The molecule has 112 valence electrons. The van der Waals surface area contributed by atoms with Gasteiger partial charge in [-0.3, -0.25) is 0 Å². The second-order valence-electron chi connectivity index (χ2n) is 4.00. The highest BCUT2D eigenvalue weighted by atomic mass is 79.9. The van der Waals surface area contributed by atoms with Crippen LogP contribution in [0, 0.1) is 0 Å². The molecule has 0 radical (unpaired) electrons. The highest BCUT2D eigenvalue weighted by molar-refractivity contribution is 9.11. The molecule has 0 aromatic heterocycles. The van der Waals surface area contributed by atoms with E-state index >= 15 is 0 Å². The van der Waals surface area contributed by atoms with Crippen LogP contribution in [0.2, 0.25) is 0 Å². The Hall–Kier alpha value is -0.920. The van der Waals surface area contributed by atoms with E-state index in [4.69, 9.17) is 0 Å². The van der Waals surface area contributed by atoms with Crippen molar-refractivity contribution in [1.82, 2.24) is 0 Å². The number of alkyl halides is 2. The fourth-order valence-electron chi connectivity index (χ4n) is 1.82. The van der Waals surface area contributed by atoms with Crippen LogP contribution < -0.4 is 0 Å². The molecule has 4 nitrogen and oxygen atoms in total. The minimum Gasteiger partial charge on any atom is -0.478 e. The van der Waals surface area contributed by atoms with Crippen molar-refractivity contribution in [2.24, 2.45) is 0 Å². The number of carbonyl (C=O) groups is 2. The zero-order valence-electron chi connectivity index (χ0n) is 10.6. The van der Waals surface area contributed by atoms with E-state index in [0.29, 0.717) is 11.1 Å². The molecule has 0 fully saturated rings. The van der Waals surface area contributed by atoms with Crippen LogP contribution in [-0.2, 0) is 0 Å². The fraction of sp³-hybridized carbons (Fsp3) is 0.143. The Labute approximate surface area is 146 Å². The van der Waals surface area contributed by atoms with Gasteiger partial charge in [-0.15, -0.1) is 13.2 Å². The minimum atomic E-state index is -1.32. The summed E-state index contributed by atoms with van der Waals surface area (Å²) in [6, 6.07) is 1.34. The zero-order valence-corrected chi connectivity index (χ0v) is 15.4. The third-order valence-electron chi connectivity index (χ3n) is 2.77. The first kappa shape index (κ1) is 18.1. The quantitative estimate of drug-likeness (QED) is 0.437. The molecule has 1 aromatic rings. The van der Waals surface area contributed by atoms with Gasteiger partial charge in [0.1, 0.15) is 0 Å². The second kappa shape index (κ2) is 7.38. The topological polar surface area (TPSA) is 74.6 Å². The van der Waals surface area contributed by atoms with Gasteiger partial charge in [-0.1, -0.05) is 44.0 Å². The van der Waals surface area contributed by atoms with Gasteiger partial charge < -0.3 is 10.2 Å². The Morgan fingerprint density at radius 3 is 2.00 bits per heavy atom. The molecule has 1 unspecified atom stereocenters. The largest absolute Gasteiger partial charge is 0.478 e. The van der Waals surface area contributed by atoms with Gasteiger partial charge in [0.05, 0.1) is 20.8 Å². The first-order valence-electron chi connectivity index (χ1n) is 5.62. The normalized spacial score (nSPS) is 13.3. The molecule has 0 aliphatic rings. The molecule has 0 heterocycles. The summed E-state index contributed by atoms with van der Waals surface area (Å²) in [6.45, 7) is 7.32. The Morgan fingerprint density at radius 1 is 1.10 bits per heavy atom. The molecule has 2 N–H and O–H groups in total. The van der Waals surface area contributed by atoms with Gasteiger partial charge in [0.15, 0.2) is 0 Å². The molecule has 0 aliphatic carbocycles. The SMILES string of the molecule is C=CC(Br)c1cc(C(=O)O)c(C(=O)O)c(Br)c1[C@@H](Br)C=C. The molecule has 0 saturated heterocycles. The van der Waals surface area contributed by atoms with Crippen molar-refractivity contribution in [2.75, 3.05) is 0 Å². The van der Waals surface area contributed by atoms with Gasteiger partial charge in [0.2, 0.25) is 0 Å². The van der Waals surface area contributed by atoms with Crippen molar-refractivity contribution in [3.8, 4) is 0 Å². The van der Waals surface area contributed by atoms with Gasteiger partial charge in [0.25, 0.3) is 0 Å². The van der Waals surface area contributed by atoms with Crippen molar-refractivity contribution in [1.29, 1.82) is 0 Å². The number of benzene rings is 1. The van der Waals surface area contributed by atoms with E-state index in [1.165, 1.54) is 6.07 Å². The van der Waals surface area contributed by atoms with Crippen LogP contribution in [0.1, 0.15) is 41.5 Å². The van der Waals surface area contributed by atoms with Crippen LogP contribution in [0.3, 0.4) is 0 Å². The first-order chi connectivity index (χ1) is 9.76. The van der Waals surface area contributed by atoms with Crippen molar-refractivity contribution in [2.45, 2.75) is 9.65 Å². The number of allylic oxidation sites excluding steroid dienone is 2. The number of rotatable bonds is 6. The number of hydrogen-bond donors (Lipinski definition) is 2. The van der Waals surface area contributed by atoms with Crippen LogP contribution in [0.15, 0.2) is 35.8 Å². The number of aromatic carboxylic acids is 2. The summed E-state index contributed by atoms with van der Waals surface area (Å²) in [6.07, 6.45) is 3.17. The van der Waals surface area contributed by atoms with Crippen molar-refractivity contribution in [3.63, 3.8) is 0 Å². The average Bonchev–Trinajstić information content (AvgIpc) is 2.43. The predicted molar refractivity (Wildman–Crippen MR) is 91.8 cm³/mol. The van der Waals surface area contributed by atoms with Crippen LogP contribution in [0.25, 0.3) is 0 Å². The molecule has 1 aromatic carbocycles. The molecular formula is C14H11Br3O4. The maximum atomic E-state index is 11.4. The summed E-state index contributed by atoms with van der Waals surface area (Å²) in [5, 5.41) is 18.5. The Bertz CT molecular complexity index is 625. The summed E-state index contributed by atoms with van der Waals surface area (Å²) in [7, 11) is 0. The molecule has 0 bridgehead atoms. The summed E-state index contributed by atoms with van der Waals surface area (Å²) in [5.41, 5.74) is 0.606. The molecule has 0 saturated carbocycles. The lowest BCUT2D eigenvalue weighted by Crippen LogP contribution is -2.13. The van der Waals surface area contributed by atoms with Gasteiger partial charge >= 0.3 is 11.9 Å². The van der Waals surface area contributed by atoms with Crippen LogP contribution in [0.5, 0.6) is 0 Å². The smallest absolute Gasteiger partial charge is 0.337 e. The predicted octanol–water partition coefficient (Wildman–Crippen LogP) is 5.09. The molecule has 1 rings (SSSR count). The lowest BCUT2D eigenvalue weighted by Gasteiger charge is -2.20. The summed E-state index contributed by atoms with van der Waals surface area (Å²) < 4.78 is 0.206. The van der Waals surface area contributed by atoms with E-state index in [-0.39, 0.29) is 25.3 Å². The minimum absolute atomic E-state index is 0.206. The third-order valence-corrected chi connectivity index (χ3v) is 5.29. The Balaban J connectivity index is 3.88. The Kier molecular flexibility index (Phi) is 6.37. The summed E-state index contributed by atoms with van der Waals surface area (Å²) in [5.74, 6) is -2.63. The maximum Gasteiger partial charge on any atom is 0.337 e. The van der Waals surface area contributed by atoms with Gasteiger partial charge in [-0.25, -0.2) is 9.59 Å². The molecule has 21 heavy (non-hydrogen) atoms. The second-order valence-corrected chi connectivity index (χ2v) is 6.77. The van der Waals surface area contributed by atoms with E-state index in [0.717, 1.165) is 0 Å². The number of carboxylic acids is 2. The van der Waals surface area contributed by atoms with Crippen molar-refractivity contribution in [3.05, 3.63) is 58.1 Å². The molecule has 2 atom stereocenters. The van der Waals surface area contributed by atoms with Crippen molar-refractivity contribution < 1.29 is 19.8 Å². The van der Waals surface area contributed by atoms with Crippen LogP contribution in [0.4, 0.5) is 0 Å². The lowest BCUT2D eigenvalue weighted by molar-refractivity contribution is 0.0650. The van der Waals surface area contributed by atoms with Gasteiger partial charge in [-0.2, -0.15) is 0 Å². The third kappa shape index (κ3) is 3.64. The highest BCUT2D eigenvalue weighted by Crippen LogP contribution is 2.42. The first-order valence-corrected chi connectivity index (χ1v) is 8.24.